The lowest BCUT2D eigenvalue weighted by Crippen LogP contribution is -2.16. The van der Waals surface area contributed by atoms with E-state index in [-0.39, 0.29) is 6.04 Å². The van der Waals surface area contributed by atoms with Crippen molar-refractivity contribution < 1.29 is 0 Å². The fraction of sp³-hybridized carbons (Fsp3) is 0.182. The van der Waals surface area contributed by atoms with Gasteiger partial charge in [0.2, 0.25) is 0 Å². The fourth-order valence-corrected chi connectivity index (χ4v) is 2.91. The van der Waals surface area contributed by atoms with Crippen molar-refractivity contribution in [2.24, 2.45) is 12.8 Å². The van der Waals surface area contributed by atoms with Gasteiger partial charge in [-0.05, 0) is 23.8 Å². The van der Waals surface area contributed by atoms with E-state index in [2.05, 4.69) is 36.8 Å². The molecule has 0 amide bonds. The number of benzene rings is 1. The first-order chi connectivity index (χ1) is 7.58. The highest BCUT2D eigenvalue weighted by Crippen LogP contribution is 2.25. The number of aryl methyl sites for hydroxylation is 1. The quantitative estimate of drug-likeness (QED) is 0.910. The lowest BCUT2D eigenvalue weighted by atomic mass is 10.1. The van der Waals surface area contributed by atoms with Gasteiger partial charge in [0.25, 0.3) is 0 Å². The second kappa shape index (κ2) is 4.69. The van der Waals surface area contributed by atoms with Crippen molar-refractivity contribution >= 4 is 31.9 Å². The van der Waals surface area contributed by atoms with Crippen molar-refractivity contribution in [2.75, 3.05) is 0 Å². The summed E-state index contributed by atoms with van der Waals surface area (Å²) in [5.74, 6) is 0.852. The first kappa shape index (κ1) is 11.8. The Labute approximate surface area is 111 Å². The predicted octanol–water partition coefficient (Wildman–Crippen LogP) is 2.99. The summed E-state index contributed by atoms with van der Waals surface area (Å²) in [7, 11) is 1.94. The molecule has 2 rings (SSSR count). The molecule has 84 valence electrons. The van der Waals surface area contributed by atoms with Crippen LogP contribution in [0.25, 0.3) is 0 Å². The second-order valence-electron chi connectivity index (χ2n) is 3.58. The van der Waals surface area contributed by atoms with Gasteiger partial charge in [-0.1, -0.05) is 31.9 Å². The summed E-state index contributed by atoms with van der Waals surface area (Å²) in [6.45, 7) is 0. The zero-order valence-corrected chi connectivity index (χ0v) is 11.9. The second-order valence-corrected chi connectivity index (χ2v) is 5.41. The molecule has 5 heteroatoms. The van der Waals surface area contributed by atoms with Crippen LogP contribution in [0.4, 0.5) is 0 Å². The topological polar surface area (TPSA) is 43.8 Å². The van der Waals surface area contributed by atoms with Crippen molar-refractivity contribution in [1.29, 1.82) is 0 Å². The number of hydrogen-bond acceptors (Lipinski definition) is 2. The lowest BCUT2D eigenvalue weighted by Gasteiger charge is -2.12. The van der Waals surface area contributed by atoms with E-state index in [0.29, 0.717) is 0 Å². The van der Waals surface area contributed by atoms with E-state index in [1.807, 2.05) is 36.0 Å². The highest BCUT2D eigenvalue weighted by molar-refractivity contribution is 9.11. The Balaban J connectivity index is 2.41. The third-order valence-electron chi connectivity index (χ3n) is 2.38. The average molecular weight is 345 g/mol. The smallest absolute Gasteiger partial charge is 0.129 e. The van der Waals surface area contributed by atoms with E-state index < -0.39 is 0 Å². The zero-order chi connectivity index (χ0) is 11.7. The molecule has 0 aliphatic heterocycles. The molecule has 0 bridgehead atoms. The SMILES string of the molecule is Cn1ccnc1C(N)c1cc(Br)cc(Br)c1. The van der Waals surface area contributed by atoms with E-state index in [9.17, 15) is 0 Å². The maximum Gasteiger partial charge on any atom is 0.129 e. The number of nitrogens with two attached hydrogens (primary N) is 1. The maximum atomic E-state index is 6.17. The number of nitrogens with zero attached hydrogens (tertiary/aromatic N) is 2. The largest absolute Gasteiger partial charge is 0.336 e. The molecule has 0 spiro atoms. The van der Waals surface area contributed by atoms with Crippen LogP contribution in [-0.4, -0.2) is 9.55 Å². The van der Waals surface area contributed by atoms with Gasteiger partial charge >= 0.3 is 0 Å². The Bertz CT molecular complexity index is 487. The molecule has 0 saturated carbocycles. The first-order valence-electron chi connectivity index (χ1n) is 4.76. The number of rotatable bonds is 2. The number of hydrogen-bond donors (Lipinski definition) is 1. The molecule has 16 heavy (non-hydrogen) atoms. The Morgan fingerprint density at radius 1 is 1.25 bits per heavy atom. The minimum atomic E-state index is -0.214. The molecule has 1 heterocycles. The van der Waals surface area contributed by atoms with Gasteiger partial charge in [-0.15, -0.1) is 0 Å². The maximum absolute atomic E-state index is 6.17. The molecule has 1 aromatic carbocycles. The van der Waals surface area contributed by atoms with Crippen LogP contribution in [0.2, 0.25) is 0 Å². The van der Waals surface area contributed by atoms with Crippen LogP contribution in [0.1, 0.15) is 17.4 Å². The predicted molar refractivity (Wildman–Crippen MR) is 71.1 cm³/mol. The Hall–Kier alpha value is -0.650. The van der Waals surface area contributed by atoms with Gasteiger partial charge in [-0.3, -0.25) is 0 Å². The van der Waals surface area contributed by atoms with Crippen LogP contribution in [0.15, 0.2) is 39.5 Å². The van der Waals surface area contributed by atoms with Crippen LogP contribution in [0.5, 0.6) is 0 Å². The van der Waals surface area contributed by atoms with Gasteiger partial charge in [0, 0.05) is 28.4 Å². The van der Waals surface area contributed by atoms with E-state index in [1.54, 1.807) is 6.20 Å². The molecule has 2 N–H and O–H groups in total. The van der Waals surface area contributed by atoms with Crippen LogP contribution in [-0.2, 0) is 7.05 Å². The van der Waals surface area contributed by atoms with Gasteiger partial charge in [-0.25, -0.2) is 4.98 Å². The first-order valence-corrected chi connectivity index (χ1v) is 6.35. The van der Waals surface area contributed by atoms with Gasteiger partial charge < -0.3 is 10.3 Å². The third-order valence-corrected chi connectivity index (χ3v) is 3.30. The minimum absolute atomic E-state index is 0.214. The van der Waals surface area contributed by atoms with Crippen molar-refractivity contribution in [3.8, 4) is 0 Å². The number of halogens is 2. The number of aromatic nitrogens is 2. The molecule has 0 aliphatic carbocycles. The number of imidazole rings is 1. The van der Waals surface area contributed by atoms with Crippen LogP contribution >= 0.6 is 31.9 Å². The highest BCUT2D eigenvalue weighted by Gasteiger charge is 2.14. The van der Waals surface area contributed by atoms with Crippen LogP contribution in [0.3, 0.4) is 0 Å². The van der Waals surface area contributed by atoms with Gasteiger partial charge in [-0.2, -0.15) is 0 Å². The van der Waals surface area contributed by atoms with Gasteiger partial charge in [0.05, 0.1) is 6.04 Å². The Kier molecular flexibility index (Phi) is 3.47. The fourth-order valence-electron chi connectivity index (χ4n) is 1.58. The standard InChI is InChI=1S/C11H11Br2N3/c1-16-3-2-15-11(16)10(14)7-4-8(12)6-9(13)5-7/h2-6,10H,14H2,1H3. The van der Waals surface area contributed by atoms with E-state index in [0.717, 1.165) is 20.3 Å². The van der Waals surface area contributed by atoms with Crippen LogP contribution < -0.4 is 5.73 Å². The molecule has 1 unspecified atom stereocenters. The van der Waals surface area contributed by atoms with E-state index >= 15 is 0 Å². The van der Waals surface area contributed by atoms with Gasteiger partial charge in [0.1, 0.15) is 5.82 Å². The summed E-state index contributed by atoms with van der Waals surface area (Å²) < 4.78 is 3.93. The van der Waals surface area contributed by atoms with Crippen molar-refractivity contribution in [3.63, 3.8) is 0 Å². The summed E-state index contributed by atoms with van der Waals surface area (Å²) in [6.07, 6.45) is 3.64. The van der Waals surface area contributed by atoms with Crippen molar-refractivity contribution in [1.82, 2.24) is 9.55 Å². The van der Waals surface area contributed by atoms with E-state index in [4.69, 9.17) is 5.73 Å². The monoisotopic (exact) mass is 343 g/mol. The average Bonchev–Trinajstić information content (AvgIpc) is 2.62. The van der Waals surface area contributed by atoms with Crippen molar-refractivity contribution in [2.45, 2.75) is 6.04 Å². The van der Waals surface area contributed by atoms with Crippen LogP contribution in [0, 0.1) is 0 Å². The Morgan fingerprint density at radius 2 is 1.88 bits per heavy atom. The highest BCUT2D eigenvalue weighted by atomic mass is 79.9. The molecule has 3 nitrogen and oxygen atoms in total. The van der Waals surface area contributed by atoms with Crippen molar-refractivity contribution in [3.05, 3.63) is 50.9 Å². The molecular formula is C11H11Br2N3. The molecular weight excluding hydrogens is 334 g/mol. The summed E-state index contributed by atoms with van der Waals surface area (Å²) >= 11 is 6.90. The summed E-state index contributed by atoms with van der Waals surface area (Å²) in [5, 5.41) is 0. The molecule has 1 aromatic heterocycles. The molecule has 0 aliphatic rings. The normalized spacial score (nSPS) is 12.8. The molecule has 0 fully saturated rings. The molecule has 0 saturated heterocycles. The molecule has 0 radical (unpaired) electrons. The summed E-state index contributed by atoms with van der Waals surface area (Å²) in [5.41, 5.74) is 7.20. The summed E-state index contributed by atoms with van der Waals surface area (Å²) in [6, 6.07) is 5.77. The zero-order valence-electron chi connectivity index (χ0n) is 8.69. The third kappa shape index (κ3) is 2.36. The lowest BCUT2D eigenvalue weighted by molar-refractivity contribution is 0.716. The Morgan fingerprint density at radius 3 is 2.38 bits per heavy atom. The molecule has 2 aromatic rings. The van der Waals surface area contributed by atoms with E-state index in [1.165, 1.54) is 0 Å². The van der Waals surface area contributed by atoms with Gasteiger partial charge in [0.15, 0.2) is 0 Å². The minimum Gasteiger partial charge on any atom is -0.336 e. The summed E-state index contributed by atoms with van der Waals surface area (Å²) in [4.78, 5) is 4.26. The molecule has 1 atom stereocenters.